The first kappa shape index (κ1) is 21.1. The lowest BCUT2D eigenvalue weighted by molar-refractivity contribution is 0.102. The molecule has 5 nitrogen and oxygen atoms in total. The first-order valence-electron chi connectivity index (χ1n) is 10.7. The second kappa shape index (κ2) is 10.2. The zero-order valence-corrected chi connectivity index (χ0v) is 18.0. The number of nitrogens with one attached hydrogen (secondary N) is 1. The van der Waals surface area contributed by atoms with Gasteiger partial charge in [0.05, 0.1) is 6.61 Å². The third-order valence-corrected chi connectivity index (χ3v) is 5.61. The number of anilines is 2. The first-order valence-corrected chi connectivity index (χ1v) is 10.7. The van der Waals surface area contributed by atoms with Crippen molar-refractivity contribution < 1.29 is 9.53 Å². The highest BCUT2D eigenvalue weighted by atomic mass is 16.5. The Bertz CT molecular complexity index is 981. The van der Waals surface area contributed by atoms with Crippen LogP contribution in [-0.2, 0) is 17.9 Å². The van der Waals surface area contributed by atoms with E-state index in [0.29, 0.717) is 12.2 Å². The molecule has 1 heterocycles. The van der Waals surface area contributed by atoms with E-state index in [0.717, 1.165) is 44.0 Å². The summed E-state index contributed by atoms with van der Waals surface area (Å²) in [6, 6.07) is 26.3. The van der Waals surface area contributed by atoms with Crippen LogP contribution in [0.1, 0.15) is 21.5 Å². The normalized spacial score (nSPS) is 14.4. The zero-order chi connectivity index (χ0) is 21.5. The summed E-state index contributed by atoms with van der Waals surface area (Å²) in [5.74, 6) is -0.111. The molecule has 1 aliphatic heterocycles. The first-order chi connectivity index (χ1) is 15.2. The van der Waals surface area contributed by atoms with Gasteiger partial charge in [-0.05, 0) is 47.5 Å². The van der Waals surface area contributed by atoms with E-state index >= 15 is 0 Å². The molecule has 3 aromatic rings. The summed E-state index contributed by atoms with van der Waals surface area (Å²) in [5.41, 5.74) is 4.97. The molecule has 1 fully saturated rings. The number of methoxy groups -OCH3 is 1. The monoisotopic (exact) mass is 415 g/mol. The molecule has 4 rings (SSSR count). The van der Waals surface area contributed by atoms with Gasteiger partial charge in [-0.15, -0.1) is 0 Å². The lowest BCUT2D eigenvalue weighted by Crippen LogP contribution is -2.45. The molecular formula is C26H29N3O2. The van der Waals surface area contributed by atoms with Crippen LogP contribution < -0.4 is 10.2 Å². The van der Waals surface area contributed by atoms with Crippen molar-refractivity contribution >= 4 is 17.3 Å². The Morgan fingerprint density at radius 3 is 2.29 bits per heavy atom. The number of benzene rings is 3. The maximum absolute atomic E-state index is 12.6. The second-order valence-corrected chi connectivity index (χ2v) is 7.88. The summed E-state index contributed by atoms with van der Waals surface area (Å²) >= 11 is 0. The Balaban J connectivity index is 1.30. The van der Waals surface area contributed by atoms with Gasteiger partial charge in [0.25, 0.3) is 5.91 Å². The third kappa shape index (κ3) is 5.72. The van der Waals surface area contributed by atoms with E-state index in [2.05, 4.69) is 57.6 Å². The minimum atomic E-state index is -0.111. The standard InChI is InChI=1S/C26H29N3O2/c1-31-20-22-8-5-9-23(18-22)26(30)27-24-10-12-25(13-11-24)29-16-14-28(15-17-29)19-21-6-3-2-4-7-21/h2-13,18H,14-17,19-20H2,1H3,(H,27,30). The number of hydrogen-bond acceptors (Lipinski definition) is 4. The van der Waals surface area contributed by atoms with Gasteiger partial charge in [-0.1, -0.05) is 42.5 Å². The fourth-order valence-corrected chi connectivity index (χ4v) is 3.93. The molecule has 1 amide bonds. The molecule has 1 N–H and O–H groups in total. The Morgan fingerprint density at radius 2 is 1.58 bits per heavy atom. The largest absolute Gasteiger partial charge is 0.380 e. The highest BCUT2D eigenvalue weighted by Gasteiger charge is 2.17. The van der Waals surface area contributed by atoms with Crippen molar-refractivity contribution in [3.05, 3.63) is 95.6 Å². The number of piperazine rings is 1. The predicted octanol–water partition coefficient (Wildman–Crippen LogP) is 4.41. The molecule has 1 aliphatic rings. The molecule has 5 heteroatoms. The van der Waals surface area contributed by atoms with Gasteiger partial charge in [0, 0.05) is 56.8 Å². The van der Waals surface area contributed by atoms with E-state index in [1.165, 1.54) is 11.3 Å². The molecule has 0 atom stereocenters. The molecule has 0 unspecified atom stereocenters. The fourth-order valence-electron chi connectivity index (χ4n) is 3.93. The molecule has 0 radical (unpaired) electrons. The topological polar surface area (TPSA) is 44.8 Å². The number of carbonyl (C=O) groups excluding carboxylic acids is 1. The highest BCUT2D eigenvalue weighted by molar-refractivity contribution is 6.04. The van der Waals surface area contributed by atoms with Gasteiger partial charge in [-0.3, -0.25) is 9.69 Å². The van der Waals surface area contributed by atoms with Crippen molar-refractivity contribution in [3.63, 3.8) is 0 Å². The molecule has 160 valence electrons. The van der Waals surface area contributed by atoms with Crippen molar-refractivity contribution in [2.24, 2.45) is 0 Å². The Labute approximate surface area is 184 Å². The number of amides is 1. The average Bonchev–Trinajstić information content (AvgIpc) is 2.81. The molecular weight excluding hydrogens is 386 g/mol. The number of nitrogens with zero attached hydrogens (tertiary/aromatic N) is 2. The molecule has 31 heavy (non-hydrogen) atoms. The van der Waals surface area contributed by atoms with Crippen LogP contribution in [0.5, 0.6) is 0 Å². The van der Waals surface area contributed by atoms with Crippen LogP contribution >= 0.6 is 0 Å². The average molecular weight is 416 g/mol. The van der Waals surface area contributed by atoms with Gasteiger partial charge in [-0.25, -0.2) is 0 Å². The van der Waals surface area contributed by atoms with Crippen LogP contribution in [0.15, 0.2) is 78.9 Å². The van der Waals surface area contributed by atoms with E-state index < -0.39 is 0 Å². The molecule has 0 aliphatic carbocycles. The van der Waals surface area contributed by atoms with Crippen LogP contribution in [0.3, 0.4) is 0 Å². The van der Waals surface area contributed by atoms with Crippen molar-refractivity contribution in [2.45, 2.75) is 13.2 Å². The van der Waals surface area contributed by atoms with Crippen LogP contribution in [-0.4, -0.2) is 44.1 Å². The van der Waals surface area contributed by atoms with Gasteiger partial charge < -0.3 is 15.0 Å². The van der Waals surface area contributed by atoms with Gasteiger partial charge in [0.2, 0.25) is 0 Å². The van der Waals surface area contributed by atoms with Crippen molar-refractivity contribution in [1.82, 2.24) is 4.90 Å². The molecule has 0 spiro atoms. The second-order valence-electron chi connectivity index (χ2n) is 7.88. The van der Waals surface area contributed by atoms with E-state index in [1.807, 2.05) is 36.4 Å². The smallest absolute Gasteiger partial charge is 0.255 e. The SMILES string of the molecule is COCc1cccc(C(=O)Nc2ccc(N3CCN(Cc4ccccc4)CC3)cc2)c1. The molecule has 0 saturated carbocycles. The van der Waals surface area contributed by atoms with Crippen molar-refractivity contribution in [1.29, 1.82) is 0 Å². The van der Waals surface area contributed by atoms with E-state index in [1.54, 1.807) is 7.11 Å². The number of carbonyl (C=O) groups is 1. The predicted molar refractivity (Wildman–Crippen MR) is 125 cm³/mol. The maximum Gasteiger partial charge on any atom is 0.255 e. The fraction of sp³-hybridized carbons (Fsp3) is 0.269. The van der Waals surface area contributed by atoms with Gasteiger partial charge in [-0.2, -0.15) is 0 Å². The van der Waals surface area contributed by atoms with Gasteiger partial charge in [0.15, 0.2) is 0 Å². The maximum atomic E-state index is 12.6. The van der Waals surface area contributed by atoms with E-state index in [4.69, 9.17) is 4.74 Å². The summed E-state index contributed by atoms with van der Waals surface area (Å²) in [4.78, 5) is 17.5. The van der Waals surface area contributed by atoms with Crippen LogP contribution in [0.25, 0.3) is 0 Å². The Morgan fingerprint density at radius 1 is 0.871 bits per heavy atom. The molecule has 3 aromatic carbocycles. The molecule has 0 bridgehead atoms. The summed E-state index contributed by atoms with van der Waals surface area (Å²) in [5, 5.41) is 2.99. The van der Waals surface area contributed by atoms with Gasteiger partial charge >= 0.3 is 0 Å². The van der Waals surface area contributed by atoms with Crippen LogP contribution in [0.4, 0.5) is 11.4 Å². The number of rotatable bonds is 7. The third-order valence-electron chi connectivity index (χ3n) is 5.61. The summed E-state index contributed by atoms with van der Waals surface area (Å²) in [6.45, 7) is 5.60. The van der Waals surface area contributed by atoms with Crippen LogP contribution in [0, 0.1) is 0 Å². The summed E-state index contributed by atoms with van der Waals surface area (Å²) in [7, 11) is 1.65. The lowest BCUT2D eigenvalue weighted by atomic mass is 10.1. The number of hydrogen-bond donors (Lipinski definition) is 1. The Hall–Kier alpha value is -3.15. The lowest BCUT2D eigenvalue weighted by Gasteiger charge is -2.36. The number of ether oxygens (including phenoxy) is 1. The molecule has 0 aromatic heterocycles. The van der Waals surface area contributed by atoms with E-state index in [-0.39, 0.29) is 5.91 Å². The summed E-state index contributed by atoms with van der Waals surface area (Å²) in [6.07, 6.45) is 0. The van der Waals surface area contributed by atoms with E-state index in [9.17, 15) is 4.79 Å². The van der Waals surface area contributed by atoms with Crippen LogP contribution in [0.2, 0.25) is 0 Å². The highest BCUT2D eigenvalue weighted by Crippen LogP contribution is 2.21. The minimum absolute atomic E-state index is 0.111. The van der Waals surface area contributed by atoms with Crippen molar-refractivity contribution in [3.8, 4) is 0 Å². The zero-order valence-electron chi connectivity index (χ0n) is 18.0. The molecule has 1 saturated heterocycles. The summed E-state index contributed by atoms with van der Waals surface area (Å²) < 4.78 is 5.15. The van der Waals surface area contributed by atoms with Crippen molar-refractivity contribution in [2.75, 3.05) is 43.5 Å². The Kier molecular flexibility index (Phi) is 6.97. The quantitative estimate of drug-likeness (QED) is 0.621. The minimum Gasteiger partial charge on any atom is -0.380 e. The van der Waals surface area contributed by atoms with Gasteiger partial charge in [0.1, 0.15) is 0 Å².